The van der Waals surface area contributed by atoms with Crippen LogP contribution in [0.5, 0.6) is 0 Å². The van der Waals surface area contributed by atoms with Gasteiger partial charge in [0.05, 0.1) is 0 Å². The van der Waals surface area contributed by atoms with Gasteiger partial charge in [-0.1, -0.05) is 6.08 Å². The predicted molar refractivity (Wildman–Crippen MR) is 93.3 cm³/mol. The fourth-order valence-corrected chi connectivity index (χ4v) is 2.98. The highest BCUT2D eigenvalue weighted by molar-refractivity contribution is 5.83. The standard InChI is InChI=1S/C18H32N2O4/c1-12(2)20(13(3)4)14(5)23-16(21)15-10-9-11-19(15)17(22)24-18(6,7)8/h9,11-15H,10H2,1-8H3. The van der Waals surface area contributed by atoms with Crippen molar-refractivity contribution in [3.63, 3.8) is 0 Å². The molecule has 0 bridgehead atoms. The van der Waals surface area contributed by atoms with Crippen LogP contribution in [0.2, 0.25) is 0 Å². The monoisotopic (exact) mass is 340 g/mol. The van der Waals surface area contributed by atoms with E-state index in [0.29, 0.717) is 6.42 Å². The molecule has 1 aliphatic heterocycles. The first kappa shape index (κ1) is 20.5. The molecule has 0 saturated heterocycles. The van der Waals surface area contributed by atoms with Crippen molar-refractivity contribution in [1.29, 1.82) is 0 Å². The van der Waals surface area contributed by atoms with E-state index in [0.717, 1.165) is 0 Å². The van der Waals surface area contributed by atoms with Gasteiger partial charge < -0.3 is 9.47 Å². The van der Waals surface area contributed by atoms with Gasteiger partial charge in [-0.3, -0.25) is 9.80 Å². The molecule has 0 spiro atoms. The molecule has 1 heterocycles. The largest absolute Gasteiger partial charge is 0.445 e. The zero-order chi connectivity index (χ0) is 18.7. The van der Waals surface area contributed by atoms with Crippen molar-refractivity contribution >= 4 is 12.1 Å². The summed E-state index contributed by atoms with van der Waals surface area (Å²) in [6.07, 6.45) is 2.92. The van der Waals surface area contributed by atoms with Crippen LogP contribution in [0.15, 0.2) is 12.3 Å². The molecule has 6 nitrogen and oxygen atoms in total. The number of carbonyl (C=O) groups excluding carboxylic acids is 2. The topological polar surface area (TPSA) is 59.1 Å². The molecular weight excluding hydrogens is 308 g/mol. The fraction of sp³-hybridized carbons (Fsp3) is 0.778. The molecule has 0 aromatic rings. The SMILES string of the molecule is CC(C)N(C(C)C)C(C)OC(=O)C1CC=CN1C(=O)OC(C)(C)C. The number of amides is 1. The van der Waals surface area contributed by atoms with E-state index in [2.05, 4.69) is 32.6 Å². The van der Waals surface area contributed by atoms with Crippen molar-refractivity contribution in [1.82, 2.24) is 9.80 Å². The summed E-state index contributed by atoms with van der Waals surface area (Å²) < 4.78 is 11.0. The van der Waals surface area contributed by atoms with E-state index in [1.165, 1.54) is 4.90 Å². The Balaban J connectivity index is 2.74. The van der Waals surface area contributed by atoms with Crippen LogP contribution in [0.3, 0.4) is 0 Å². The van der Waals surface area contributed by atoms with E-state index >= 15 is 0 Å². The number of esters is 1. The van der Waals surface area contributed by atoms with Crippen LogP contribution in [0.4, 0.5) is 4.79 Å². The second-order valence-corrected chi connectivity index (χ2v) is 7.69. The van der Waals surface area contributed by atoms with E-state index in [4.69, 9.17) is 9.47 Å². The summed E-state index contributed by atoms with van der Waals surface area (Å²) in [7, 11) is 0. The van der Waals surface area contributed by atoms with E-state index in [9.17, 15) is 9.59 Å². The smallest absolute Gasteiger partial charge is 0.415 e. The van der Waals surface area contributed by atoms with Gasteiger partial charge in [-0.25, -0.2) is 9.59 Å². The van der Waals surface area contributed by atoms with Gasteiger partial charge in [-0.15, -0.1) is 0 Å². The fourth-order valence-electron chi connectivity index (χ4n) is 2.98. The maximum atomic E-state index is 12.5. The van der Waals surface area contributed by atoms with Crippen LogP contribution in [0, 0.1) is 0 Å². The van der Waals surface area contributed by atoms with Crippen molar-refractivity contribution in [2.75, 3.05) is 0 Å². The molecular formula is C18H32N2O4. The quantitative estimate of drug-likeness (QED) is 0.566. The summed E-state index contributed by atoms with van der Waals surface area (Å²) in [6.45, 7) is 15.5. The molecule has 0 N–H and O–H groups in total. The summed E-state index contributed by atoms with van der Waals surface area (Å²) in [6, 6.07) is -0.170. The van der Waals surface area contributed by atoms with Gasteiger partial charge in [-0.05, 0) is 61.8 Å². The minimum absolute atomic E-state index is 0.247. The molecule has 0 fully saturated rings. The van der Waals surface area contributed by atoms with Crippen LogP contribution in [0.1, 0.15) is 61.8 Å². The van der Waals surface area contributed by atoms with E-state index in [1.54, 1.807) is 33.0 Å². The lowest BCUT2D eigenvalue weighted by atomic mass is 10.2. The van der Waals surface area contributed by atoms with Gasteiger partial charge >= 0.3 is 12.1 Å². The number of carbonyl (C=O) groups is 2. The maximum absolute atomic E-state index is 12.5. The van der Waals surface area contributed by atoms with Crippen LogP contribution in [-0.2, 0) is 14.3 Å². The molecule has 24 heavy (non-hydrogen) atoms. The van der Waals surface area contributed by atoms with Gasteiger partial charge in [0.15, 0.2) is 6.23 Å². The lowest BCUT2D eigenvalue weighted by molar-refractivity contribution is -0.166. The van der Waals surface area contributed by atoms with Gasteiger partial charge in [0.1, 0.15) is 11.6 Å². The second kappa shape index (κ2) is 8.01. The third kappa shape index (κ3) is 5.51. The summed E-state index contributed by atoms with van der Waals surface area (Å²) in [5.74, 6) is -0.412. The molecule has 1 amide bonds. The minimum atomic E-state index is -0.663. The van der Waals surface area contributed by atoms with Gasteiger partial charge in [0.25, 0.3) is 0 Å². The molecule has 6 heteroatoms. The van der Waals surface area contributed by atoms with E-state index in [1.807, 2.05) is 6.92 Å². The highest BCUT2D eigenvalue weighted by Gasteiger charge is 2.36. The molecule has 0 radical (unpaired) electrons. The van der Waals surface area contributed by atoms with Crippen molar-refractivity contribution in [3.8, 4) is 0 Å². The van der Waals surface area contributed by atoms with Crippen LogP contribution >= 0.6 is 0 Å². The Morgan fingerprint density at radius 3 is 2.12 bits per heavy atom. The molecule has 138 valence electrons. The van der Waals surface area contributed by atoms with Crippen molar-refractivity contribution < 1.29 is 19.1 Å². The second-order valence-electron chi connectivity index (χ2n) is 7.69. The number of hydrogen-bond donors (Lipinski definition) is 0. The van der Waals surface area contributed by atoms with Crippen molar-refractivity contribution in [2.45, 2.75) is 91.8 Å². The summed E-state index contributed by atoms with van der Waals surface area (Å²) in [5, 5.41) is 0. The van der Waals surface area contributed by atoms with Gasteiger partial charge in [0, 0.05) is 18.3 Å². The normalized spacial score (nSPS) is 19.3. The number of rotatable bonds is 5. The first-order valence-corrected chi connectivity index (χ1v) is 8.60. The van der Waals surface area contributed by atoms with Crippen LogP contribution in [-0.4, -0.2) is 51.8 Å². The average Bonchev–Trinajstić information content (AvgIpc) is 2.84. The summed E-state index contributed by atoms with van der Waals surface area (Å²) >= 11 is 0. The molecule has 0 saturated carbocycles. The molecule has 0 aromatic carbocycles. The van der Waals surface area contributed by atoms with Gasteiger partial charge in [0.2, 0.25) is 0 Å². The molecule has 2 atom stereocenters. The molecule has 1 aliphatic rings. The number of ether oxygens (including phenoxy) is 2. The average molecular weight is 340 g/mol. The lowest BCUT2D eigenvalue weighted by Crippen LogP contribution is -2.49. The first-order chi connectivity index (χ1) is 10.9. The predicted octanol–water partition coefficient (Wildman–Crippen LogP) is 3.52. The zero-order valence-corrected chi connectivity index (χ0v) is 16.2. The highest BCUT2D eigenvalue weighted by Crippen LogP contribution is 2.21. The highest BCUT2D eigenvalue weighted by atomic mass is 16.6. The van der Waals surface area contributed by atoms with E-state index < -0.39 is 23.7 Å². The Labute approximate surface area is 145 Å². The Bertz CT molecular complexity index is 472. The Morgan fingerprint density at radius 2 is 1.67 bits per heavy atom. The third-order valence-electron chi connectivity index (χ3n) is 3.74. The Morgan fingerprint density at radius 1 is 1.12 bits per heavy atom. The Hall–Kier alpha value is -1.56. The minimum Gasteiger partial charge on any atom is -0.445 e. The van der Waals surface area contributed by atoms with Crippen molar-refractivity contribution in [3.05, 3.63) is 12.3 Å². The summed E-state index contributed by atoms with van der Waals surface area (Å²) in [5.41, 5.74) is -0.610. The molecule has 2 unspecified atom stereocenters. The van der Waals surface area contributed by atoms with E-state index in [-0.39, 0.29) is 18.3 Å². The Kier molecular flexibility index (Phi) is 6.84. The lowest BCUT2D eigenvalue weighted by Gasteiger charge is -2.36. The number of nitrogens with zero attached hydrogens (tertiary/aromatic N) is 2. The molecule has 0 aromatic heterocycles. The molecule has 0 aliphatic carbocycles. The summed E-state index contributed by atoms with van der Waals surface area (Å²) in [4.78, 5) is 28.2. The number of hydrogen-bond acceptors (Lipinski definition) is 5. The first-order valence-electron chi connectivity index (χ1n) is 8.60. The van der Waals surface area contributed by atoms with Gasteiger partial charge in [-0.2, -0.15) is 0 Å². The third-order valence-corrected chi connectivity index (χ3v) is 3.74. The molecule has 1 rings (SSSR count). The van der Waals surface area contributed by atoms with Crippen LogP contribution < -0.4 is 0 Å². The maximum Gasteiger partial charge on any atom is 0.415 e. The van der Waals surface area contributed by atoms with Crippen LogP contribution in [0.25, 0.3) is 0 Å². The van der Waals surface area contributed by atoms with Crippen molar-refractivity contribution in [2.24, 2.45) is 0 Å². The zero-order valence-electron chi connectivity index (χ0n) is 16.2.